The van der Waals surface area contributed by atoms with Crippen LogP contribution < -0.4 is 0 Å². The number of carbonyl (C=O) groups is 2. The standard InChI is InChI=1S/C18H12Cl4O2/c1-18(2,3)7-6-10(21)13-14(15(7)22)17(24)12-9(20)5-4-8(19)11(12)16(13)23/h4-6H,1-3H3. The van der Waals surface area contributed by atoms with Gasteiger partial charge in [0.25, 0.3) is 0 Å². The Hall–Kier alpha value is -1.06. The minimum Gasteiger partial charge on any atom is -0.288 e. The Morgan fingerprint density at radius 2 is 1.12 bits per heavy atom. The first kappa shape index (κ1) is 17.8. The molecule has 1 aliphatic rings. The van der Waals surface area contributed by atoms with Gasteiger partial charge in [-0.15, -0.1) is 0 Å². The highest BCUT2D eigenvalue weighted by molar-refractivity contribution is 6.48. The van der Waals surface area contributed by atoms with Crippen molar-refractivity contribution in [2.24, 2.45) is 0 Å². The Morgan fingerprint density at radius 3 is 1.58 bits per heavy atom. The van der Waals surface area contributed by atoms with E-state index in [9.17, 15) is 9.59 Å². The number of halogens is 4. The zero-order chi connectivity index (χ0) is 18.0. The van der Waals surface area contributed by atoms with E-state index in [2.05, 4.69) is 0 Å². The second kappa shape index (κ2) is 5.74. The molecule has 0 amide bonds. The van der Waals surface area contributed by atoms with Gasteiger partial charge in [0.2, 0.25) is 0 Å². The molecule has 0 unspecified atom stereocenters. The van der Waals surface area contributed by atoms with E-state index in [1.165, 1.54) is 12.1 Å². The fourth-order valence-corrected chi connectivity index (χ4v) is 4.15. The van der Waals surface area contributed by atoms with E-state index < -0.39 is 11.6 Å². The van der Waals surface area contributed by atoms with Crippen LogP contribution in [0.4, 0.5) is 0 Å². The van der Waals surface area contributed by atoms with E-state index in [1.807, 2.05) is 20.8 Å². The largest absolute Gasteiger partial charge is 0.288 e. The van der Waals surface area contributed by atoms with Crippen molar-refractivity contribution in [3.63, 3.8) is 0 Å². The van der Waals surface area contributed by atoms with Gasteiger partial charge in [-0.1, -0.05) is 67.2 Å². The summed E-state index contributed by atoms with van der Waals surface area (Å²) < 4.78 is 0. The third-order valence-electron chi connectivity index (χ3n) is 4.04. The van der Waals surface area contributed by atoms with Gasteiger partial charge in [0.15, 0.2) is 11.6 Å². The molecule has 2 nitrogen and oxygen atoms in total. The topological polar surface area (TPSA) is 34.1 Å². The lowest BCUT2D eigenvalue weighted by Crippen LogP contribution is -2.25. The van der Waals surface area contributed by atoms with Gasteiger partial charge in [-0.2, -0.15) is 0 Å². The summed E-state index contributed by atoms with van der Waals surface area (Å²) in [6.45, 7) is 5.84. The Balaban J connectivity index is 2.44. The molecule has 0 spiro atoms. The van der Waals surface area contributed by atoms with Gasteiger partial charge in [-0.05, 0) is 29.2 Å². The SMILES string of the molecule is CC(C)(C)c1cc(Cl)c2c(c1Cl)C(=O)c1c(Cl)ccc(Cl)c1C2=O. The number of hydrogen-bond donors (Lipinski definition) is 0. The molecule has 0 radical (unpaired) electrons. The molecule has 0 bridgehead atoms. The summed E-state index contributed by atoms with van der Waals surface area (Å²) in [6.07, 6.45) is 0. The molecule has 0 atom stereocenters. The molecule has 0 heterocycles. The number of hydrogen-bond acceptors (Lipinski definition) is 2. The van der Waals surface area contributed by atoms with E-state index in [4.69, 9.17) is 46.4 Å². The fourth-order valence-electron chi connectivity index (χ4n) is 2.85. The molecule has 0 saturated carbocycles. The highest BCUT2D eigenvalue weighted by atomic mass is 35.5. The molecule has 24 heavy (non-hydrogen) atoms. The highest BCUT2D eigenvalue weighted by Crippen LogP contribution is 2.44. The van der Waals surface area contributed by atoms with Crippen molar-refractivity contribution in [2.45, 2.75) is 26.2 Å². The van der Waals surface area contributed by atoms with Crippen LogP contribution in [0.5, 0.6) is 0 Å². The van der Waals surface area contributed by atoms with E-state index in [-0.39, 0.29) is 47.8 Å². The van der Waals surface area contributed by atoms with Crippen LogP contribution >= 0.6 is 46.4 Å². The van der Waals surface area contributed by atoms with Crippen LogP contribution in [0.3, 0.4) is 0 Å². The number of carbonyl (C=O) groups excluding carboxylic acids is 2. The third kappa shape index (κ3) is 2.48. The quantitative estimate of drug-likeness (QED) is 0.438. The Bertz CT molecular complexity index is 924. The van der Waals surface area contributed by atoms with Crippen LogP contribution in [-0.4, -0.2) is 11.6 Å². The molecule has 3 rings (SSSR count). The molecule has 1 aliphatic carbocycles. The van der Waals surface area contributed by atoms with Crippen molar-refractivity contribution >= 4 is 58.0 Å². The lowest BCUT2D eigenvalue weighted by Gasteiger charge is -2.27. The van der Waals surface area contributed by atoms with Crippen molar-refractivity contribution in [1.29, 1.82) is 0 Å². The maximum atomic E-state index is 13.0. The van der Waals surface area contributed by atoms with Crippen molar-refractivity contribution in [1.82, 2.24) is 0 Å². The van der Waals surface area contributed by atoms with E-state index in [0.717, 1.165) is 0 Å². The van der Waals surface area contributed by atoms with E-state index in [0.29, 0.717) is 5.56 Å². The third-order valence-corrected chi connectivity index (χ3v) is 5.36. The first-order chi connectivity index (χ1) is 11.1. The van der Waals surface area contributed by atoms with Crippen LogP contribution in [-0.2, 0) is 5.41 Å². The molecular weight excluding hydrogens is 390 g/mol. The predicted octanol–water partition coefficient (Wildman–Crippen LogP) is 6.37. The van der Waals surface area contributed by atoms with Crippen molar-refractivity contribution < 1.29 is 9.59 Å². The number of benzene rings is 2. The first-order valence-electron chi connectivity index (χ1n) is 7.15. The molecule has 2 aromatic rings. The summed E-state index contributed by atoms with van der Waals surface area (Å²) in [7, 11) is 0. The van der Waals surface area contributed by atoms with Gasteiger partial charge in [0.1, 0.15) is 0 Å². The molecule has 0 N–H and O–H groups in total. The smallest absolute Gasteiger partial charge is 0.197 e. The average molecular weight is 402 g/mol. The summed E-state index contributed by atoms with van der Waals surface area (Å²) in [6, 6.07) is 4.61. The summed E-state index contributed by atoms with van der Waals surface area (Å²) >= 11 is 25.1. The average Bonchev–Trinajstić information content (AvgIpc) is 2.47. The maximum absolute atomic E-state index is 13.0. The minimum absolute atomic E-state index is 0.0724. The van der Waals surface area contributed by atoms with Gasteiger partial charge in [0, 0.05) is 0 Å². The number of rotatable bonds is 0. The Labute approximate surface area is 159 Å². The first-order valence-corrected chi connectivity index (χ1v) is 8.66. The lowest BCUT2D eigenvalue weighted by molar-refractivity contribution is 0.0979. The molecule has 2 aromatic carbocycles. The van der Waals surface area contributed by atoms with Gasteiger partial charge < -0.3 is 0 Å². The van der Waals surface area contributed by atoms with Gasteiger partial charge in [0.05, 0.1) is 42.3 Å². The van der Waals surface area contributed by atoms with E-state index >= 15 is 0 Å². The van der Waals surface area contributed by atoms with Gasteiger partial charge in [-0.3, -0.25) is 9.59 Å². The van der Waals surface area contributed by atoms with Crippen molar-refractivity contribution in [2.75, 3.05) is 0 Å². The second-order valence-electron chi connectivity index (χ2n) is 6.66. The lowest BCUT2D eigenvalue weighted by atomic mass is 9.79. The molecule has 124 valence electrons. The maximum Gasteiger partial charge on any atom is 0.197 e. The molecule has 0 aliphatic heterocycles. The zero-order valence-electron chi connectivity index (χ0n) is 13.1. The van der Waals surface area contributed by atoms with Crippen LogP contribution in [0.15, 0.2) is 18.2 Å². The van der Waals surface area contributed by atoms with Gasteiger partial charge >= 0.3 is 0 Å². The Morgan fingerprint density at radius 1 is 0.708 bits per heavy atom. The van der Waals surface area contributed by atoms with Crippen LogP contribution in [0.2, 0.25) is 20.1 Å². The summed E-state index contributed by atoms with van der Waals surface area (Å²) in [5.41, 5.74) is 0.661. The molecular formula is C18H12Cl4O2. The monoisotopic (exact) mass is 400 g/mol. The van der Waals surface area contributed by atoms with Crippen LogP contribution in [0.1, 0.15) is 58.2 Å². The second-order valence-corrected chi connectivity index (χ2v) is 8.26. The van der Waals surface area contributed by atoms with E-state index in [1.54, 1.807) is 6.07 Å². The summed E-state index contributed by atoms with van der Waals surface area (Å²) in [5, 5.41) is 0.721. The highest BCUT2D eigenvalue weighted by Gasteiger charge is 2.38. The van der Waals surface area contributed by atoms with Crippen molar-refractivity contribution in [3.8, 4) is 0 Å². The summed E-state index contributed by atoms with van der Waals surface area (Å²) in [5.74, 6) is -0.885. The van der Waals surface area contributed by atoms with Crippen LogP contribution in [0, 0.1) is 0 Å². The zero-order valence-corrected chi connectivity index (χ0v) is 16.1. The normalized spacial score (nSPS) is 13.8. The molecule has 0 saturated heterocycles. The number of ketones is 2. The van der Waals surface area contributed by atoms with Crippen LogP contribution in [0.25, 0.3) is 0 Å². The Kier molecular flexibility index (Phi) is 4.25. The fraction of sp³-hybridized carbons (Fsp3) is 0.222. The molecule has 6 heteroatoms. The molecule has 0 fully saturated rings. The number of fused-ring (bicyclic) bond motifs is 2. The van der Waals surface area contributed by atoms with Gasteiger partial charge in [-0.25, -0.2) is 0 Å². The predicted molar refractivity (Wildman–Crippen MR) is 98.5 cm³/mol. The van der Waals surface area contributed by atoms with Crippen molar-refractivity contribution in [3.05, 3.63) is 66.1 Å². The minimum atomic E-state index is -0.445. The summed E-state index contributed by atoms with van der Waals surface area (Å²) in [4.78, 5) is 26.0. The molecule has 0 aromatic heterocycles.